The third kappa shape index (κ3) is 3.09. The fraction of sp³-hybridized carbons (Fsp3) is 0.556. The maximum atomic E-state index is 12.9. The predicted octanol–water partition coefficient (Wildman–Crippen LogP) is 3.98. The van der Waals surface area contributed by atoms with Crippen molar-refractivity contribution < 1.29 is 18.0 Å². The molecule has 0 unspecified atom stereocenters. The van der Waals surface area contributed by atoms with E-state index in [2.05, 4.69) is 15.2 Å². The number of aromatic nitrogens is 1. The summed E-state index contributed by atoms with van der Waals surface area (Å²) in [5.41, 5.74) is -0.228. The van der Waals surface area contributed by atoms with Gasteiger partial charge in [0, 0.05) is 24.0 Å². The van der Waals surface area contributed by atoms with Crippen LogP contribution in [-0.4, -0.2) is 41.0 Å². The number of fused-ring (bicyclic) bond motifs is 2. The highest BCUT2D eigenvalue weighted by molar-refractivity contribution is 7.20. The van der Waals surface area contributed by atoms with Crippen molar-refractivity contribution >= 4 is 27.5 Å². The number of nitrogens with zero attached hydrogens (tertiary/aromatic N) is 2. The number of piperidine rings is 1. The third-order valence-electron chi connectivity index (χ3n) is 5.47. The molecule has 2 aliphatic heterocycles. The minimum absolute atomic E-state index is 0.117. The largest absolute Gasteiger partial charge is 0.433 e. The van der Waals surface area contributed by atoms with Gasteiger partial charge in [0.25, 0.3) is 5.91 Å². The highest BCUT2D eigenvalue weighted by atomic mass is 32.1. The van der Waals surface area contributed by atoms with Crippen LogP contribution >= 0.6 is 11.3 Å². The van der Waals surface area contributed by atoms with E-state index in [9.17, 15) is 18.0 Å². The molecule has 8 heteroatoms. The van der Waals surface area contributed by atoms with Crippen LogP contribution in [0.5, 0.6) is 0 Å². The molecular formula is C18H20F3N3OS. The van der Waals surface area contributed by atoms with Crippen LogP contribution < -0.4 is 5.32 Å². The Morgan fingerprint density at radius 2 is 2.08 bits per heavy atom. The quantitative estimate of drug-likeness (QED) is 0.853. The lowest BCUT2D eigenvalue weighted by atomic mass is 9.99. The highest BCUT2D eigenvalue weighted by Gasteiger charge is 2.37. The maximum absolute atomic E-state index is 12.9. The second kappa shape index (κ2) is 6.49. The van der Waals surface area contributed by atoms with Gasteiger partial charge in [0.2, 0.25) is 0 Å². The summed E-state index contributed by atoms with van der Waals surface area (Å²) in [5.74, 6) is -0.198. The van der Waals surface area contributed by atoms with Crippen LogP contribution in [0.15, 0.2) is 12.1 Å². The Kier molecular flexibility index (Phi) is 4.43. The Hall–Kier alpha value is -1.67. The van der Waals surface area contributed by atoms with Gasteiger partial charge in [0.05, 0.1) is 4.88 Å². The Morgan fingerprint density at radius 3 is 2.85 bits per heavy atom. The van der Waals surface area contributed by atoms with Crippen LogP contribution in [0.2, 0.25) is 0 Å². The smallest absolute Gasteiger partial charge is 0.347 e. The standard InChI is InChI=1S/C18H20F3N3OS/c1-10-11-5-6-14(18(19,20)21)23-17(11)26-15(10)16(25)22-12-7-9-24-8-3-2-4-13(12)24/h5-6,12-13H,2-4,7-9H2,1H3,(H,22,25)/t12-,13+/m0/s1. The summed E-state index contributed by atoms with van der Waals surface area (Å²) in [4.78, 5) is 19.6. The number of carbonyl (C=O) groups is 1. The number of aryl methyl sites for hydroxylation is 1. The van der Waals surface area contributed by atoms with E-state index in [1.165, 1.54) is 18.9 Å². The molecule has 2 fully saturated rings. The molecule has 2 saturated heterocycles. The summed E-state index contributed by atoms with van der Waals surface area (Å²) < 4.78 is 38.6. The molecule has 2 atom stereocenters. The van der Waals surface area contributed by atoms with Gasteiger partial charge in [0.1, 0.15) is 10.5 Å². The lowest BCUT2D eigenvalue weighted by Crippen LogP contribution is -2.46. The van der Waals surface area contributed by atoms with Crippen molar-refractivity contribution in [3.8, 4) is 0 Å². The number of hydrogen-bond donors (Lipinski definition) is 1. The van der Waals surface area contributed by atoms with Gasteiger partial charge in [0.15, 0.2) is 0 Å². The Balaban J connectivity index is 1.58. The van der Waals surface area contributed by atoms with Crippen LogP contribution in [-0.2, 0) is 6.18 Å². The summed E-state index contributed by atoms with van der Waals surface area (Å²) in [6.45, 7) is 3.85. The second-order valence-electron chi connectivity index (χ2n) is 7.07. The molecular weight excluding hydrogens is 363 g/mol. The van der Waals surface area contributed by atoms with Gasteiger partial charge in [-0.25, -0.2) is 4.98 Å². The van der Waals surface area contributed by atoms with Gasteiger partial charge in [-0.05, 0) is 50.4 Å². The maximum Gasteiger partial charge on any atom is 0.433 e. The minimum atomic E-state index is -4.48. The summed E-state index contributed by atoms with van der Waals surface area (Å²) >= 11 is 1.04. The van der Waals surface area contributed by atoms with E-state index in [0.29, 0.717) is 21.9 Å². The number of thiophene rings is 1. The van der Waals surface area contributed by atoms with Crippen LogP contribution in [0.4, 0.5) is 13.2 Å². The first-order valence-electron chi connectivity index (χ1n) is 8.87. The topological polar surface area (TPSA) is 45.2 Å². The molecule has 0 aromatic carbocycles. The van der Waals surface area contributed by atoms with Crippen molar-refractivity contribution in [1.29, 1.82) is 0 Å². The molecule has 0 aliphatic carbocycles. The number of carbonyl (C=O) groups excluding carboxylic acids is 1. The second-order valence-corrected chi connectivity index (χ2v) is 8.07. The molecule has 26 heavy (non-hydrogen) atoms. The van der Waals surface area contributed by atoms with Gasteiger partial charge in [-0.3, -0.25) is 9.69 Å². The van der Waals surface area contributed by atoms with Crippen LogP contribution in [0.1, 0.15) is 46.6 Å². The number of nitrogens with one attached hydrogen (secondary N) is 1. The number of pyridine rings is 1. The molecule has 0 bridgehead atoms. The Labute approximate surface area is 153 Å². The summed E-state index contributed by atoms with van der Waals surface area (Å²) in [6.07, 6.45) is -0.0775. The summed E-state index contributed by atoms with van der Waals surface area (Å²) in [6, 6.07) is 2.88. The zero-order valence-electron chi connectivity index (χ0n) is 14.4. The number of rotatable bonds is 2. The minimum Gasteiger partial charge on any atom is -0.347 e. The van der Waals surface area contributed by atoms with Crippen LogP contribution in [0, 0.1) is 6.92 Å². The van der Waals surface area contributed by atoms with E-state index in [1.54, 1.807) is 6.92 Å². The van der Waals surface area contributed by atoms with E-state index in [0.717, 1.165) is 43.3 Å². The zero-order chi connectivity index (χ0) is 18.5. The molecule has 0 spiro atoms. The number of amides is 1. The summed E-state index contributed by atoms with van der Waals surface area (Å²) in [7, 11) is 0. The van der Waals surface area contributed by atoms with E-state index < -0.39 is 11.9 Å². The molecule has 4 nitrogen and oxygen atoms in total. The highest BCUT2D eigenvalue weighted by Crippen LogP contribution is 2.34. The third-order valence-corrected chi connectivity index (χ3v) is 6.67. The molecule has 1 N–H and O–H groups in total. The van der Waals surface area contributed by atoms with Crippen molar-refractivity contribution in [2.45, 2.75) is 50.9 Å². The molecule has 2 aliphatic rings. The number of alkyl halides is 3. The first-order chi connectivity index (χ1) is 12.3. The van der Waals surface area contributed by atoms with E-state index in [4.69, 9.17) is 0 Å². The first kappa shape index (κ1) is 17.7. The van der Waals surface area contributed by atoms with Gasteiger partial charge in [-0.1, -0.05) is 6.42 Å². The fourth-order valence-electron chi connectivity index (χ4n) is 4.12. The van der Waals surface area contributed by atoms with Crippen molar-refractivity contribution in [3.05, 3.63) is 28.3 Å². The number of halogens is 3. The lowest BCUT2D eigenvalue weighted by Gasteiger charge is -2.32. The predicted molar refractivity (Wildman–Crippen MR) is 94.4 cm³/mol. The fourth-order valence-corrected chi connectivity index (χ4v) is 5.21. The molecule has 0 saturated carbocycles. The average molecular weight is 383 g/mol. The van der Waals surface area contributed by atoms with Crippen molar-refractivity contribution in [2.75, 3.05) is 13.1 Å². The Bertz CT molecular complexity index is 848. The molecule has 1 amide bonds. The van der Waals surface area contributed by atoms with Crippen molar-refractivity contribution in [1.82, 2.24) is 15.2 Å². The normalized spacial score (nSPS) is 24.0. The van der Waals surface area contributed by atoms with E-state index in [-0.39, 0.29) is 16.8 Å². The molecule has 140 valence electrons. The monoisotopic (exact) mass is 383 g/mol. The molecule has 0 radical (unpaired) electrons. The van der Waals surface area contributed by atoms with Gasteiger partial charge in [-0.2, -0.15) is 13.2 Å². The van der Waals surface area contributed by atoms with Gasteiger partial charge < -0.3 is 5.32 Å². The van der Waals surface area contributed by atoms with Crippen molar-refractivity contribution in [3.63, 3.8) is 0 Å². The summed E-state index contributed by atoms with van der Waals surface area (Å²) in [5, 5.41) is 3.73. The molecule has 2 aromatic rings. The molecule has 4 rings (SSSR count). The molecule has 2 aromatic heterocycles. The van der Waals surface area contributed by atoms with Crippen LogP contribution in [0.25, 0.3) is 10.2 Å². The van der Waals surface area contributed by atoms with Gasteiger partial charge >= 0.3 is 6.18 Å². The van der Waals surface area contributed by atoms with E-state index in [1.807, 2.05) is 0 Å². The van der Waals surface area contributed by atoms with Crippen LogP contribution in [0.3, 0.4) is 0 Å². The molecule has 4 heterocycles. The first-order valence-corrected chi connectivity index (χ1v) is 9.68. The SMILES string of the molecule is Cc1c(C(=O)N[C@H]2CCN3CCCC[C@H]23)sc2nc(C(F)(F)F)ccc12. The number of hydrogen-bond acceptors (Lipinski definition) is 4. The van der Waals surface area contributed by atoms with Gasteiger partial charge in [-0.15, -0.1) is 11.3 Å². The lowest BCUT2D eigenvalue weighted by molar-refractivity contribution is -0.140. The Morgan fingerprint density at radius 1 is 1.27 bits per heavy atom. The van der Waals surface area contributed by atoms with E-state index >= 15 is 0 Å². The van der Waals surface area contributed by atoms with Crippen molar-refractivity contribution in [2.24, 2.45) is 0 Å². The zero-order valence-corrected chi connectivity index (χ0v) is 15.2. The average Bonchev–Trinajstić information content (AvgIpc) is 3.16.